The van der Waals surface area contributed by atoms with Gasteiger partial charge >= 0.3 is 5.97 Å². The average molecular weight is 378 g/mol. The molecule has 0 bridgehead atoms. The van der Waals surface area contributed by atoms with Crippen molar-refractivity contribution in [3.63, 3.8) is 0 Å². The summed E-state index contributed by atoms with van der Waals surface area (Å²) < 4.78 is 19.7. The van der Waals surface area contributed by atoms with E-state index in [0.717, 1.165) is 21.7 Å². The number of esters is 1. The molecule has 0 saturated heterocycles. The molecule has 1 heterocycles. The van der Waals surface area contributed by atoms with Gasteiger partial charge in [-0.05, 0) is 42.1 Å². The molecule has 0 aliphatic heterocycles. The SMILES string of the molecule is Cc1c(C(=O)OCC(=O)Nc2ccc(Cl)cc2F)sc2ccccc12. The van der Waals surface area contributed by atoms with Crippen LogP contribution in [0.4, 0.5) is 10.1 Å². The number of halogens is 2. The van der Waals surface area contributed by atoms with E-state index in [1.54, 1.807) is 0 Å². The number of rotatable bonds is 4. The summed E-state index contributed by atoms with van der Waals surface area (Å²) in [7, 11) is 0. The molecule has 1 N–H and O–H groups in total. The minimum Gasteiger partial charge on any atom is -0.451 e. The van der Waals surface area contributed by atoms with Crippen molar-refractivity contribution in [3.8, 4) is 0 Å². The van der Waals surface area contributed by atoms with Crippen LogP contribution in [0, 0.1) is 12.7 Å². The molecule has 1 aromatic heterocycles. The van der Waals surface area contributed by atoms with Crippen molar-refractivity contribution < 1.29 is 18.7 Å². The molecule has 2 aromatic carbocycles. The van der Waals surface area contributed by atoms with Crippen LogP contribution >= 0.6 is 22.9 Å². The highest BCUT2D eigenvalue weighted by atomic mass is 35.5. The Kier molecular flexibility index (Phi) is 5.01. The number of aryl methyl sites for hydroxylation is 1. The molecular formula is C18H13ClFNO3S. The fourth-order valence-corrected chi connectivity index (χ4v) is 3.60. The Labute approximate surface area is 152 Å². The summed E-state index contributed by atoms with van der Waals surface area (Å²) in [6.07, 6.45) is 0. The molecule has 0 spiro atoms. The minimum atomic E-state index is -0.660. The number of hydrogen-bond acceptors (Lipinski definition) is 4. The number of anilines is 1. The minimum absolute atomic E-state index is 0.0245. The van der Waals surface area contributed by atoms with Crippen molar-refractivity contribution in [1.29, 1.82) is 0 Å². The fraction of sp³-hybridized carbons (Fsp3) is 0.111. The molecule has 0 fully saturated rings. The molecule has 1 amide bonds. The predicted octanol–water partition coefficient (Wildman–Crippen LogP) is 4.80. The molecular weight excluding hydrogens is 365 g/mol. The highest BCUT2D eigenvalue weighted by molar-refractivity contribution is 7.21. The van der Waals surface area contributed by atoms with Gasteiger partial charge in [-0.1, -0.05) is 29.8 Å². The number of benzene rings is 2. The molecule has 0 radical (unpaired) electrons. The Morgan fingerprint density at radius 1 is 1.24 bits per heavy atom. The van der Waals surface area contributed by atoms with Gasteiger partial charge in [0.25, 0.3) is 5.91 Å². The molecule has 3 rings (SSSR count). The van der Waals surface area contributed by atoms with Crippen LogP contribution in [0.3, 0.4) is 0 Å². The summed E-state index contributed by atoms with van der Waals surface area (Å²) in [4.78, 5) is 24.5. The summed E-state index contributed by atoms with van der Waals surface area (Å²) >= 11 is 6.96. The standard InChI is InChI=1S/C18H13ClFNO3S/c1-10-12-4-2-3-5-15(12)25-17(10)18(23)24-9-16(22)21-14-7-6-11(19)8-13(14)20/h2-8H,9H2,1H3,(H,21,22). The summed E-state index contributed by atoms with van der Waals surface area (Å²) in [6, 6.07) is 11.5. The zero-order chi connectivity index (χ0) is 18.0. The van der Waals surface area contributed by atoms with Crippen molar-refractivity contribution in [2.45, 2.75) is 6.92 Å². The predicted molar refractivity (Wildman–Crippen MR) is 96.9 cm³/mol. The van der Waals surface area contributed by atoms with E-state index in [0.29, 0.717) is 4.88 Å². The van der Waals surface area contributed by atoms with Crippen LogP contribution in [0.2, 0.25) is 5.02 Å². The number of fused-ring (bicyclic) bond motifs is 1. The van der Waals surface area contributed by atoms with E-state index in [2.05, 4.69) is 5.32 Å². The van der Waals surface area contributed by atoms with Crippen molar-refractivity contribution in [3.05, 3.63) is 63.7 Å². The monoisotopic (exact) mass is 377 g/mol. The van der Waals surface area contributed by atoms with Crippen LogP contribution in [-0.4, -0.2) is 18.5 Å². The molecule has 7 heteroatoms. The van der Waals surface area contributed by atoms with Gasteiger partial charge in [-0.2, -0.15) is 0 Å². The largest absolute Gasteiger partial charge is 0.451 e. The molecule has 0 saturated carbocycles. The molecule has 3 aromatic rings. The first-order chi connectivity index (χ1) is 12.0. The zero-order valence-corrected chi connectivity index (χ0v) is 14.7. The Morgan fingerprint density at radius 3 is 2.72 bits per heavy atom. The first-order valence-electron chi connectivity index (χ1n) is 7.36. The lowest BCUT2D eigenvalue weighted by molar-refractivity contribution is -0.119. The Balaban J connectivity index is 1.65. The van der Waals surface area contributed by atoms with Gasteiger partial charge < -0.3 is 10.1 Å². The first-order valence-corrected chi connectivity index (χ1v) is 8.55. The molecule has 128 valence electrons. The van der Waals surface area contributed by atoms with E-state index < -0.39 is 24.3 Å². The van der Waals surface area contributed by atoms with Crippen molar-refractivity contribution in [2.75, 3.05) is 11.9 Å². The maximum absolute atomic E-state index is 13.6. The van der Waals surface area contributed by atoms with E-state index >= 15 is 0 Å². The van der Waals surface area contributed by atoms with Crippen molar-refractivity contribution >= 4 is 50.6 Å². The lowest BCUT2D eigenvalue weighted by Gasteiger charge is -2.07. The topological polar surface area (TPSA) is 55.4 Å². The molecule has 4 nitrogen and oxygen atoms in total. The number of ether oxygens (including phenoxy) is 1. The van der Waals surface area contributed by atoms with E-state index in [4.69, 9.17) is 16.3 Å². The smallest absolute Gasteiger partial charge is 0.349 e. The average Bonchev–Trinajstić information content (AvgIpc) is 2.93. The quantitative estimate of drug-likeness (QED) is 0.664. The van der Waals surface area contributed by atoms with Crippen molar-refractivity contribution in [2.24, 2.45) is 0 Å². The lowest BCUT2D eigenvalue weighted by Crippen LogP contribution is -2.21. The van der Waals surface area contributed by atoms with E-state index in [1.807, 2.05) is 31.2 Å². The molecule has 0 atom stereocenters. The van der Waals surface area contributed by atoms with Crippen LogP contribution in [0.5, 0.6) is 0 Å². The second-order valence-corrected chi connectivity index (χ2v) is 6.79. The summed E-state index contributed by atoms with van der Waals surface area (Å²) in [6.45, 7) is 1.33. The lowest BCUT2D eigenvalue weighted by atomic mass is 10.1. The number of thiophene rings is 1. The molecule has 0 aliphatic carbocycles. The highest BCUT2D eigenvalue weighted by Gasteiger charge is 2.18. The van der Waals surface area contributed by atoms with Crippen LogP contribution in [0.1, 0.15) is 15.2 Å². The molecule has 25 heavy (non-hydrogen) atoms. The number of nitrogens with one attached hydrogen (secondary N) is 1. The van der Waals surface area contributed by atoms with Crippen LogP contribution in [-0.2, 0) is 9.53 Å². The van der Waals surface area contributed by atoms with Gasteiger partial charge in [-0.25, -0.2) is 9.18 Å². The summed E-state index contributed by atoms with van der Waals surface area (Å²) in [5, 5.41) is 3.54. The van der Waals surface area contributed by atoms with Gasteiger partial charge in [-0.3, -0.25) is 4.79 Å². The normalized spacial score (nSPS) is 10.7. The second kappa shape index (κ2) is 7.21. The Bertz CT molecular complexity index is 970. The van der Waals surface area contributed by atoms with Crippen LogP contribution in [0.25, 0.3) is 10.1 Å². The number of hydrogen-bond donors (Lipinski definition) is 1. The van der Waals surface area contributed by atoms with E-state index in [1.165, 1.54) is 23.5 Å². The number of amides is 1. The van der Waals surface area contributed by atoms with E-state index in [-0.39, 0.29) is 10.7 Å². The van der Waals surface area contributed by atoms with Gasteiger partial charge in [0.05, 0.1) is 5.69 Å². The third-order valence-corrected chi connectivity index (χ3v) is 5.06. The summed E-state index contributed by atoms with van der Waals surface area (Å²) in [5.41, 5.74) is 0.790. The summed E-state index contributed by atoms with van der Waals surface area (Å²) in [5.74, 6) is -1.87. The van der Waals surface area contributed by atoms with Gasteiger partial charge in [0, 0.05) is 9.72 Å². The van der Waals surface area contributed by atoms with Crippen LogP contribution in [0.15, 0.2) is 42.5 Å². The Morgan fingerprint density at radius 2 is 2.00 bits per heavy atom. The van der Waals surface area contributed by atoms with Crippen LogP contribution < -0.4 is 5.32 Å². The first kappa shape index (κ1) is 17.4. The third kappa shape index (κ3) is 3.81. The second-order valence-electron chi connectivity index (χ2n) is 5.30. The highest BCUT2D eigenvalue weighted by Crippen LogP contribution is 2.31. The number of carbonyl (C=O) groups excluding carboxylic acids is 2. The zero-order valence-electron chi connectivity index (χ0n) is 13.1. The third-order valence-electron chi connectivity index (χ3n) is 3.57. The van der Waals surface area contributed by atoms with Crippen molar-refractivity contribution in [1.82, 2.24) is 0 Å². The Hall–Kier alpha value is -2.44. The van der Waals surface area contributed by atoms with E-state index in [9.17, 15) is 14.0 Å². The van der Waals surface area contributed by atoms with Gasteiger partial charge in [0.15, 0.2) is 6.61 Å². The van der Waals surface area contributed by atoms with Gasteiger partial charge in [0.2, 0.25) is 0 Å². The van der Waals surface area contributed by atoms with Gasteiger partial charge in [0.1, 0.15) is 10.7 Å². The maximum Gasteiger partial charge on any atom is 0.349 e. The van der Waals surface area contributed by atoms with Gasteiger partial charge in [-0.15, -0.1) is 11.3 Å². The molecule has 0 aliphatic rings. The number of carbonyl (C=O) groups is 2. The maximum atomic E-state index is 13.6. The molecule has 0 unspecified atom stereocenters. The fourth-order valence-electron chi connectivity index (χ4n) is 2.34.